The lowest BCUT2D eigenvalue weighted by molar-refractivity contribution is -0.122. The molecule has 5 heteroatoms. The quantitative estimate of drug-likeness (QED) is 0.723. The number of hydrogen-bond donors (Lipinski definition) is 2. The molecule has 1 aliphatic heterocycles. The summed E-state index contributed by atoms with van der Waals surface area (Å²) < 4.78 is 4.84. The smallest absolute Gasteiger partial charge is 0.337 e. The van der Waals surface area contributed by atoms with E-state index in [0.29, 0.717) is 5.56 Å². The van der Waals surface area contributed by atoms with Gasteiger partial charge in [0.25, 0.3) is 0 Å². The number of ether oxygens (including phenoxy) is 1. The number of nitrogens with one attached hydrogen (secondary N) is 2. The lowest BCUT2D eigenvalue weighted by atomic mass is 9.72. The van der Waals surface area contributed by atoms with Gasteiger partial charge in [0.2, 0.25) is 5.91 Å². The number of carbonyl (C=O) groups is 2. The van der Waals surface area contributed by atoms with Gasteiger partial charge in [0.15, 0.2) is 0 Å². The zero-order chi connectivity index (χ0) is 20.6. The van der Waals surface area contributed by atoms with Gasteiger partial charge < -0.3 is 15.4 Å². The van der Waals surface area contributed by atoms with E-state index >= 15 is 0 Å². The first-order valence-corrected chi connectivity index (χ1v) is 10.3. The summed E-state index contributed by atoms with van der Waals surface area (Å²) in [6.07, 6.45) is 4.01. The van der Waals surface area contributed by atoms with Crippen LogP contribution in [0.2, 0.25) is 0 Å². The van der Waals surface area contributed by atoms with Crippen molar-refractivity contribution in [2.24, 2.45) is 11.3 Å². The summed E-state index contributed by atoms with van der Waals surface area (Å²) >= 11 is 0. The van der Waals surface area contributed by atoms with Crippen LogP contribution in [0.5, 0.6) is 0 Å². The van der Waals surface area contributed by atoms with Crippen LogP contribution in [0, 0.1) is 11.3 Å². The molecule has 5 nitrogen and oxygen atoms in total. The first-order valence-electron chi connectivity index (χ1n) is 10.3. The highest BCUT2D eigenvalue weighted by atomic mass is 16.5. The van der Waals surface area contributed by atoms with E-state index < -0.39 is 0 Å². The average molecular weight is 392 g/mol. The number of fused-ring (bicyclic) bond motifs is 1. The van der Waals surface area contributed by atoms with Gasteiger partial charge in [0.1, 0.15) is 0 Å². The van der Waals surface area contributed by atoms with Gasteiger partial charge in [-0.15, -0.1) is 0 Å². The number of benzene rings is 2. The Morgan fingerprint density at radius 3 is 2.45 bits per heavy atom. The minimum absolute atomic E-state index is 0.0432. The number of methoxy groups -OCH3 is 1. The van der Waals surface area contributed by atoms with Gasteiger partial charge in [-0.3, -0.25) is 4.79 Å². The lowest BCUT2D eigenvalue weighted by Gasteiger charge is -2.41. The third-order valence-electron chi connectivity index (χ3n) is 6.24. The number of hydrogen-bond acceptors (Lipinski definition) is 4. The average Bonchev–Trinajstić information content (AvgIpc) is 2.65. The summed E-state index contributed by atoms with van der Waals surface area (Å²) in [5.74, 6) is 0.00253. The molecule has 0 aromatic heterocycles. The third-order valence-corrected chi connectivity index (χ3v) is 6.24. The molecule has 0 saturated heterocycles. The number of anilines is 2. The van der Waals surface area contributed by atoms with Crippen molar-refractivity contribution in [1.82, 2.24) is 0 Å². The molecule has 2 N–H and O–H groups in total. The Morgan fingerprint density at radius 2 is 1.83 bits per heavy atom. The Labute approximate surface area is 171 Å². The second kappa shape index (κ2) is 7.54. The van der Waals surface area contributed by atoms with Gasteiger partial charge in [0, 0.05) is 17.3 Å². The van der Waals surface area contributed by atoms with Gasteiger partial charge in [0.05, 0.1) is 18.7 Å². The highest BCUT2D eigenvalue weighted by Crippen LogP contribution is 2.45. The molecule has 1 unspecified atom stereocenters. The van der Waals surface area contributed by atoms with Crippen molar-refractivity contribution in [2.75, 3.05) is 17.7 Å². The maximum atomic E-state index is 12.2. The summed E-state index contributed by atoms with van der Waals surface area (Å²) in [6.45, 7) is 4.45. The molecule has 152 valence electrons. The molecule has 2 aromatic carbocycles. The van der Waals surface area contributed by atoms with Crippen molar-refractivity contribution < 1.29 is 14.3 Å². The summed E-state index contributed by atoms with van der Waals surface area (Å²) in [5.41, 5.74) is 4.73. The van der Waals surface area contributed by atoms with Crippen LogP contribution in [-0.2, 0) is 16.0 Å². The molecular weight excluding hydrogens is 364 g/mol. The Morgan fingerprint density at radius 1 is 1.10 bits per heavy atom. The monoisotopic (exact) mass is 392 g/mol. The maximum absolute atomic E-state index is 12.2. The van der Waals surface area contributed by atoms with E-state index in [2.05, 4.69) is 36.6 Å². The highest BCUT2D eigenvalue weighted by molar-refractivity contribution is 5.93. The largest absolute Gasteiger partial charge is 0.465 e. The summed E-state index contributed by atoms with van der Waals surface area (Å²) in [7, 11) is 1.40. The molecular formula is C24H28N2O3. The second-order valence-corrected chi connectivity index (χ2v) is 8.85. The summed E-state index contributed by atoms with van der Waals surface area (Å²) in [5, 5.41) is 6.67. The molecule has 0 radical (unpaired) electrons. The van der Waals surface area contributed by atoms with E-state index in [0.717, 1.165) is 42.6 Å². The summed E-state index contributed by atoms with van der Waals surface area (Å²) in [4.78, 5) is 24.0. The number of amides is 1. The van der Waals surface area contributed by atoms with E-state index in [9.17, 15) is 9.59 Å². The van der Waals surface area contributed by atoms with E-state index in [4.69, 9.17) is 4.74 Å². The van der Waals surface area contributed by atoms with Crippen LogP contribution in [0.4, 0.5) is 11.4 Å². The Bertz CT molecular complexity index is 930. The van der Waals surface area contributed by atoms with Crippen molar-refractivity contribution >= 4 is 23.3 Å². The molecule has 1 saturated carbocycles. The predicted octanol–water partition coefficient (Wildman–Crippen LogP) is 4.95. The highest BCUT2D eigenvalue weighted by Gasteiger charge is 2.36. The van der Waals surface area contributed by atoms with Crippen LogP contribution in [0.1, 0.15) is 60.6 Å². The minimum atomic E-state index is -0.313. The molecule has 1 aliphatic carbocycles. The van der Waals surface area contributed by atoms with Crippen molar-refractivity contribution in [3.8, 4) is 0 Å². The molecule has 2 aliphatic rings. The van der Waals surface area contributed by atoms with E-state index in [1.54, 1.807) is 6.07 Å². The maximum Gasteiger partial charge on any atom is 0.337 e. The van der Waals surface area contributed by atoms with Crippen LogP contribution >= 0.6 is 0 Å². The Balaban J connectivity index is 1.52. The molecule has 1 heterocycles. The van der Waals surface area contributed by atoms with Gasteiger partial charge in [-0.05, 0) is 66.1 Å². The molecule has 1 amide bonds. The fraction of sp³-hybridized carbons (Fsp3) is 0.417. The minimum Gasteiger partial charge on any atom is -0.465 e. The standard InChI is InChI=1S/C24H28N2O3/c1-24(2)14-18-13-17(23(28)29-3)9-12-20(18)26-21(24)15-7-10-19(11-8-15)25-22(27)16-5-4-6-16/h7-13,16,21,26H,4-6,14H2,1-3H3,(H,25,27). The number of rotatable bonds is 4. The van der Waals surface area contributed by atoms with Crippen molar-refractivity contribution in [2.45, 2.75) is 45.6 Å². The SMILES string of the molecule is COC(=O)c1ccc2c(c1)CC(C)(C)C(c1ccc(NC(=O)C3CCC3)cc1)N2. The summed E-state index contributed by atoms with van der Waals surface area (Å²) in [6, 6.07) is 14.0. The Hall–Kier alpha value is -2.82. The molecule has 0 spiro atoms. The van der Waals surface area contributed by atoms with Gasteiger partial charge in [-0.1, -0.05) is 32.4 Å². The van der Waals surface area contributed by atoms with Crippen LogP contribution in [0.15, 0.2) is 42.5 Å². The zero-order valence-electron chi connectivity index (χ0n) is 17.2. The zero-order valence-corrected chi connectivity index (χ0v) is 17.2. The van der Waals surface area contributed by atoms with Crippen LogP contribution in [0.3, 0.4) is 0 Å². The molecule has 4 rings (SSSR count). The van der Waals surface area contributed by atoms with Gasteiger partial charge >= 0.3 is 5.97 Å². The van der Waals surface area contributed by atoms with Gasteiger partial charge in [-0.2, -0.15) is 0 Å². The molecule has 2 aromatic rings. The Kier molecular flexibility index (Phi) is 5.07. The topological polar surface area (TPSA) is 67.4 Å². The van der Waals surface area contributed by atoms with Crippen molar-refractivity contribution in [1.29, 1.82) is 0 Å². The predicted molar refractivity (Wildman–Crippen MR) is 114 cm³/mol. The number of esters is 1. The van der Waals surface area contributed by atoms with E-state index in [-0.39, 0.29) is 29.3 Å². The molecule has 29 heavy (non-hydrogen) atoms. The van der Waals surface area contributed by atoms with Crippen molar-refractivity contribution in [3.63, 3.8) is 0 Å². The number of carbonyl (C=O) groups excluding carboxylic acids is 2. The lowest BCUT2D eigenvalue weighted by Crippen LogP contribution is -2.35. The first kappa shape index (κ1) is 19.5. The van der Waals surface area contributed by atoms with Crippen molar-refractivity contribution in [3.05, 3.63) is 59.2 Å². The van der Waals surface area contributed by atoms with Crippen LogP contribution < -0.4 is 10.6 Å². The fourth-order valence-corrected chi connectivity index (χ4v) is 4.28. The van der Waals surface area contributed by atoms with Crippen LogP contribution in [-0.4, -0.2) is 19.0 Å². The molecule has 1 fully saturated rings. The second-order valence-electron chi connectivity index (χ2n) is 8.85. The van der Waals surface area contributed by atoms with E-state index in [1.165, 1.54) is 12.7 Å². The molecule has 0 bridgehead atoms. The third kappa shape index (κ3) is 3.86. The first-order chi connectivity index (χ1) is 13.9. The van der Waals surface area contributed by atoms with E-state index in [1.807, 2.05) is 24.3 Å². The normalized spacial score (nSPS) is 20.0. The fourth-order valence-electron chi connectivity index (χ4n) is 4.28. The van der Waals surface area contributed by atoms with Gasteiger partial charge in [-0.25, -0.2) is 4.79 Å². The van der Waals surface area contributed by atoms with Crippen LogP contribution in [0.25, 0.3) is 0 Å². The molecule has 1 atom stereocenters.